The molecule has 3 heteroatoms. The highest BCUT2D eigenvalue weighted by atomic mass is 35.5. The molecule has 0 atom stereocenters. The molecule has 0 aliphatic rings. The van der Waals surface area contributed by atoms with E-state index in [-0.39, 0.29) is 5.97 Å². The van der Waals surface area contributed by atoms with E-state index in [1.54, 1.807) is 19.1 Å². The van der Waals surface area contributed by atoms with Crippen molar-refractivity contribution in [2.24, 2.45) is 0 Å². The fourth-order valence-electron chi connectivity index (χ4n) is 0.789. The van der Waals surface area contributed by atoms with Crippen LogP contribution in [0.5, 0.6) is 0 Å². The number of rotatable bonds is 2. The van der Waals surface area contributed by atoms with Gasteiger partial charge in [-0.1, -0.05) is 36.4 Å². The number of ether oxygens (including phenoxy) is 1. The predicted octanol–water partition coefficient (Wildman–Crippen LogP) is 3.23. The fourth-order valence-corrected chi connectivity index (χ4v) is 0.789. The van der Waals surface area contributed by atoms with Crippen molar-refractivity contribution in [1.82, 2.24) is 0 Å². The van der Waals surface area contributed by atoms with Gasteiger partial charge in [-0.25, -0.2) is 4.79 Å². The Morgan fingerprint density at radius 2 is 2.00 bits per heavy atom. The number of carbonyl (C=O) groups excluding carboxylic acids is 1. The molecule has 1 rings (SSSR count). The number of hydrogen-bond acceptors (Lipinski definition) is 2. The standard InChI is InChI=1S/C9H10O2.C2H3Cl/c1-2-11-9(10)8-6-4-3-5-7-8;1-2-3/h3-7H,2H2,1H3;2H,1H2. The smallest absolute Gasteiger partial charge is 0.338 e. The van der Waals surface area contributed by atoms with Gasteiger partial charge >= 0.3 is 5.97 Å². The van der Waals surface area contributed by atoms with Gasteiger partial charge in [-0.05, 0) is 24.6 Å². The van der Waals surface area contributed by atoms with E-state index < -0.39 is 0 Å². The van der Waals surface area contributed by atoms with Crippen LogP contribution in [0.3, 0.4) is 0 Å². The average molecular weight is 213 g/mol. The monoisotopic (exact) mass is 212 g/mol. The molecule has 0 amide bonds. The van der Waals surface area contributed by atoms with Gasteiger partial charge in [0.05, 0.1) is 12.2 Å². The van der Waals surface area contributed by atoms with E-state index in [4.69, 9.17) is 16.3 Å². The van der Waals surface area contributed by atoms with Crippen LogP contribution in [0, 0.1) is 0 Å². The topological polar surface area (TPSA) is 26.3 Å². The molecule has 0 N–H and O–H groups in total. The van der Waals surface area contributed by atoms with E-state index in [9.17, 15) is 4.79 Å². The lowest BCUT2D eigenvalue weighted by atomic mass is 10.2. The van der Waals surface area contributed by atoms with Gasteiger partial charge in [0.1, 0.15) is 0 Å². The minimum atomic E-state index is -0.256. The SMILES string of the molecule is C=CCl.CCOC(=O)c1ccccc1. The molecule has 0 aliphatic heterocycles. The Morgan fingerprint density at radius 1 is 1.50 bits per heavy atom. The third-order valence-electron chi connectivity index (χ3n) is 1.28. The Balaban J connectivity index is 0.000000500. The first-order valence-corrected chi connectivity index (χ1v) is 4.63. The first kappa shape index (κ1) is 12.7. The molecule has 0 fully saturated rings. The van der Waals surface area contributed by atoms with Gasteiger partial charge < -0.3 is 4.74 Å². The normalized spacial score (nSPS) is 8.14. The zero-order valence-electron chi connectivity index (χ0n) is 8.07. The zero-order valence-corrected chi connectivity index (χ0v) is 8.83. The van der Waals surface area contributed by atoms with Crippen molar-refractivity contribution < 1.29 is 9.53 Å². The Hall–Kier alpha value is -1.28. The Kier molecular flexibility index (Phi) is 7.56. The van der Waals surface area contributed by atoms with E-state index in [0.29, 0.717) is 12.2 Å². The summed E-state index contributed by atoms with van der Waals surface area (Å²) < 4.78 is 4.79. The van der Waals surface area contributed by atoms with E-state index >= 15 is 0 Å². The summed E-state index contributed by atoms with van der Waals surface area (Å²) in [6.45, 7) is 5.34. The average Bonchev–Trinajstić information content (AvgIpc) is 2.21. The highest BCUT2D eigenvalue weighted by molar-refractivity contribution is 6.25. The number of halogens is 1. The molecule has 0 saturated heterocycles. The molecular formula is C11H13ClO2. The van der Waals surface area contributed by atoms with Crippen LogP contribution < -0.4 is 0 Å². The molecule has 0 aliphatic carbocycles. The summed E-state index contributed by atoms with van der Waals surface area (Å²) in [7, 11) is 0. The summed E-state index contributed by atoms with van der Waals surface area (Å²) in [5.41, 5.74) is 1.83. The van der Waals surface area contributed by atoms with Crippen LogP contribution in [0.1, 0.15) is 17.3 Å². The molecule has 0 radical (unpaired) electrons. The van der Waals surface area contributed by atoms with Gasteiger partial charge in [0.25, 0.3) is 0 Å². The summed E-state index contributed by atoms with van der Waals surface area (Å²) in [6.07, 6.45) is 0. The lowest BCUT2D eigenvalue weighted by Crippen LogP contribution is -2.03. The fraction of sp³-hybridized carbons (Fsp3) is 0.182. The molecule has 14 heavy (non-hydrogen) atoms. The van der Waals surface area contributed by atoms with Crippen LogP contribution in [0.25, 0.3) is 0 Å². The van der Waals surface area contributed by atoms with Gasteiger partial charge in [-0.2, -0.15) is 0 Å². The highest BCUT2D eigenvalue weighted by Gasteiger charge is 2.02. The van der Waals surface area contributed by atoms with Gasteiger partial charge in [-0.15, -0.1) is 0 Å². The number of hydrogen-bond donors (Lipinski definition) is 0. The van der Waals surface area contributed by atoms with Crippen LogP contribution >= 0.6 is 11.6 Å². The number of benzene rings is 1. The van der Waals surface area contributed by atoms with E-state index in [2.05, 4.69) is 6.58 Å². The maximum Gasteiger partial charge on any atom is 0.338 e. The second-order valence-electron chi connectivity index (χ2n) is 2.24. The van der Waals surface area contributed by atoms with Crippen LogP contribution in [-0.2, 0) is 4.74 Å². The summed E-state index contributed by atoms with van der Waals surface area (Å²) in [6, 6.07) is 8.96. The van der Waals surface area contributed by atoms with Crippen LogP contribution in [0.4, 0.5) is 0 Å². The maximum absolute atomic E-state index is 11.0. The Bertz CT molecular complexity index is 270. The van der Waals surface area contributed by atoms with Gasteiger partial charge in [-0.3, -0.25) is 0 Å². The van der Waals surface area contributed by atoms with Gasteiger partial charge in [0.15, 0.2) is 0 Å². The molecule has 2 nitrogen and oxygen atoms in total. The quantitative estimate of drug-likeness (QED) is 0.704. The molecule has 1 aromatic rings. The van der Waals surface area contributed by atoms with E-state index in [1.807, 2.05) is 18.2 Å². The molecular weight excluding hydrogens is 200 g/mol. The number of carbonyl (C=O) groups is 1. The molecule has 1 aromatic carbocycles. The van der Waals surface area contributed by atoms with E-state index in [1.165, 1.54) is 5.54 Å². The minimum Gasteiger partial charge on any atom is -0.462 e. The third-order valence-corrected chi connectivity index (χ3v) is 1.28. The summed E-state index contributed by atoms with van der Waals surface area (Å²) >= 11 is 4.76. The number of esters is 1. The molecule has 0 bridgehead atoms. The van der Waals surface area contributed by atoms with Gasteiger partial charge in [0, 0.05) is 0 Å². The minimum absolute atomic E-state index is 0.256. The van der Waals surface area contributed by atoms with E-state index in [0.717, 1.165) is 0 Å². The highest BCUT2D eigenvalue weighted by Crippen LogP contribution is 1.99. The first-order chi connectivity index (χ1) is 6.76. The molecule has 0 heterocycles. The molecule has 0 spiro atoms. The molecule has 0 unspecified atom stereocenters. The van der Waals surface area contributed by atoms with Crippen molar-refractivity contribution in [2.45, 2.75) is 6.92 Å². The van der Waals surface area contributed by atoms with Crippen molar-refractivity contribution in [3.05, 3.63) is 48.0 Å². The summed E-state index contributed by atoms with van der Waals surface area (Å²) in [5.74, 6) is -0.256. The molecule has 0 saturated carbocycles. The Labute approximate surface area is 89.2 Å². The second kappa shape index (κ2) is 8.32. The second-order valence-corrected chi connectivity index (χ2v) is 2.55. The van der Waals surface area contributed by atoms with Crippen LogP contribution in [-0.4, -0.2) is 12.6 Å². The van der Waals surface area contributed by atoms with Crippen LogP contribution in [0.15, 0.2) is 42.4 Å². The maximum atomic E-state index is 11.0. The largest absolute Gasteiger partial charge is 0.462 e. The van der Waals surface area contributed by atoms with Crippen LogP contribution in [0.2, 0.25) is 0 Å². The lowest BCUT2D eigenvalue weighted by molar-refractivity contribution is 0.0526. The zero-order chi connectivity index (χ0) is 10.8. The first-order valence-electron chi connectivity index (χ1n) is 4.19. The molecule has 0 aromatic heterocycles. The third kappa shape index (κ3) is 5.38. The lowest BCUT2D eigenvalue weighted by Gasteiger charge is -1.99. The van der Waals surface area contributed by atoms with Crippen molar-refractivity contribution in [3.8, 4) is 0 Å². The van der Waals surface area contributed by atoms with Crippen molar-refractivity contribution in [3.63, 3.8) is 0 Å². The predicted molar refractivity (Wildman–Crippen MR) is 58.4 cm³/mol. The summed E-state index contributed by atoms with van der Waals surface area (Å²) in [4.78, 5) is 11.0. The summed E-state index contributed by atoms with van der Waals surface area (Å²) in [5, 5.41) is 0. The molecule has 76 valence electrons. The van der Waals surface area contributed by atoms with Crippen molar-refractivity contribution >= 4 is 17.6 Å². The van der Waals surface area contributed by atoms with Crippen molar-refractivity contribution in [2.75, 3.05) is 6.61 Å². The van der Waals surface area contributed by atoms with Crippen molar-refractivity contribution in [1.29, 1.82) is 0 Å². The Morgan fingerprint density at radius 3 is 2.43 bits per heavy atom. The van der Waals surface area contributed by atoms with Gasteiger partial charge in [0.2, 0.25) is 0 Å².